The quantitative estimate of drug-likeness (QED) is 0.178. The molecule has 2 aromatic heterocycles. The SMILES string of the molecule is CC[C@@H]1C(=O)N(C)c2cnc(Nc3ccc(C(=O)NC4(CCO)CC5(CCN(C(=O)C6CCN(c7cnc(C8CCC(=O)NC8=O)c(F)c7)CC6)CC5)C4)cc3OC)nc2N1C1CCCC1. The van der Waals surface area contributed by atoms with E-state index in [0.717, 1.165) is 44.3 Å². The van der Waals surface area contributed by atoms with Gasteiger partial charge in [0.2, 0.25) is 29.6 Å². The molecule has 3 saturated heterocycles. The third-order valence-electron chi connectivity index (χ3n) is 15.3. The van der Waals surface area contributed by atoms with E-state index in [4.69, 9.17) is 9.72 Å². The third-order valence-corrected chi connectivity index (χ3v) is 15.3. The zero-order valence-electron chi connectivity index (χ0n) is 38.1. The normalized spacial score (nSPS) is 23.1. The van der Waals surface area contributed by atoms with Crippen LogP contribution in [0.3, 0.4) is 0 Å². The van der Waals surface area contributed by atoms with Crippen molar-refractivity contribution >= 4 is 58.4 Å². The van der Waals surface area contributed by atoms with Gasteiger partial charge in [0.25, 0.3) is 5.91 Å². The van der Waals surface area contributed by atoms with Crippen molar-refractivity contribution in [3.05, 3.63) is 53.7 Å². The number of nitrogens with zero attached hydrogens (tertiary/aromatic N) is 7. The van der Waals surface area contributed by atoms with Gasteiger partial charge in [-0.2, -0.15) is 4.98 Å². The van der Waals surface area contributed by atoms with Gasteiger partial charge in [0.05, 0.1) is 42.5 Å². The minimum atomic E-state index is -0.796. The summed E-state index contributed by atoms with van der Waals surface area (Å²) in [6.07, 6.45) is 13.3. The predicted molar refractivity (Wildman–Crippen MR) is 244 cm³/mol. The second-order valence-corrected chi connectivity index (χ2v) is 19.3. The number of carbonyl (C=O) groups is 5. The summed E-state index contributed by atoms with van der Waals surface area (Å²) in [5, 5.41) is 19.0. The second-order valence-electron chi connectivity index (χ2n) is 19.3. The molecule has 9 rings (SSSR count). The lowest BCUT2D eigenvalue weighted by Gasteiger charge is -2.59. The number of pyridine rings is 1. The molecule has 2 saturated carbocycles. The van der Waals surface area contributed by atoms with Gasteiger partial charge in [-0.25, -0.2) is 9.37 Å². The van der Waals surface area contributed by atoms with Crippen LogP contribution in [-0.4, -0.2) is 119 Å². The van der Waals surface area contributed by atoms with Gasteiger partial charge in [-0.3, -0.25) is 34.3 Å². The van der Waals surface area contributed by atoms with E-state index in [1.165, 1.54) is 6.07 Å². The van der Waals surface area contributed by atoms with Gasteiger partial charge in [0.15, 0.2) is 5.82 Å². The maximum absolute atomic E-state index is 15.2. The molecule has 2 atom stereocenters. The summed E-state index contributed by atoms with van der Waals surface area (Å²) in [7, 11) is 3.31. The number of ether oxygens (including phenoxy) is 1. The van der Waals surface area contributed by atoms with E-state index in [0.29, 0.717) is 99.0 Å². The number of likely N-dealkylation sites (N-methyl/N-ethyl adjacent to an activating group) is 1. The third kappa shape index (κ3) is 8.63. The Bertz CT molecular complexity index is 2370. The van der Waals surface area contributed by atoms with Crippen LogP contribution in [0.25, 0.3) is 0 Å². The Balaban J connectivity index is 0.784. The summed E-state index contributed by atoms with van der Waals surface area (Å²) in [6.45, 7) is 4.37. The lowest BCUT2D eigenvalue weighted by atomic mass is 9.52. The number of anilines is 5. The van der Waals surface area contributed by atoms with Crippen LogP contribution in [0.15, 0.2) is 36.7 Å². The molecule has 5 amide bonds. The molecular formula is C48H61FN10O7. The number of rotatable bonds is 12. The molecule has 352 valence electrons. The number of hydrogen-bond donors (Lipinski definition) is 4. The predicted octanol–water partition coefficient (Wildman–Crippen LogP) is 4.96. The van der Waals surface area contributed by atoms with Gasteiger partial charge in [0.1, 0.15) is 23.3 Å². The first-order valence-corrected chi connectivity index (χ1v) is 23.7. The number of aromatic nitrogens is 3. The lowest BCUT2D eigenvalue weighted by molar-refractivity contribution is -0.141. The van der Waals surface area contributed by atoms with E-state index in [1.54, 1.807) is 49.7 Å². The molecule has 5 fully saturated rings. The number of carbonyl (C=O) groups excluding carboxylic acids is 5. The molecule has 2 aliphatic carbocycles. The van der Waals surface area contributed by atoms with E-state index in [2.05, 4.69) is 30.8 Å². The number of aliphatic hydroxyl groups is 1. The second kappa shape index (κ2) is 18.4. The molecule has 0 radical (unpaired) electrons. The summed E-state index contributed by atoms with van der Waals surface area (Å²) < 4.78 is 20.9. The fraction of sp³-hybridized carbons (Fsp3) is 0.583. The average Bonchev–Trinajstić information content (AvgIpc) is 3.85. The maximum Gasteiger partial charge on any atom is 0.251 e. The summed E-state index contributed by atoms with van der Waals surface area (Å²) >= 11 is 0. The summed E-state index contributed by atoms with van der Waals surface area (Å²) in [6, 6.07) is 6.53. The molecule has 4 aliphatic heterocycles. The van der Waals surface area contributed by atoms with Gasteiger partial charge in [0, 0.05) is 75.4 Å². The Morgan fingerprint density at radius 3 is 2.39 bits per heavy atom. The minimum absolute atomic E-state index is 0.0351. The zero-order chi connectivity index (χ0) is 46.3. The van der Waals surface area contributed by atoms with Crippen molar-refractivity contribution in [2.75, 3.05) is 67.0 Å². The molecule has 17 nitrogen and oxygen atoms in total. The number of hydrogen-bond acceptors (Lipinski definition) is 13. The van der Waals surface area contributed by atoms with E-state index in [1.807, 2.05) is 16.7 Å². The van der Waals surface area contributed by atoms with Crippen molar-refractivity contribution in [2.45, 2.75) is 120 Å². The number of benzene rings is 1. The van der Waals surface area contributed by atoms with Crippen molar-refractivity contribution in [3.63, 3.8) is 0 Å². The van der Waals surface area contributed by atoms with Crippen LogP contribution < -0.4 is 35.4 Å². The highest BCUT2D eigenvalue weighted by Gasteiger charge is 2.56. The van der Waals surface area contributed by atoms with Crippen molar-refractivity contribution in [1.29, 1.82) is 0 Å². The fourth-order valence-electron chi connectivity index (χ4n) is 11.8. The van der Waals surface area contributed by atoms with E-state index in [9.17, 15) is 29.1 Å². The Kier molecular flexibility index (Phi) is 12.6. The maximum atomic E-state index is 15.2. The van der Waals surface area contributed by atoms with Crippen LogP contribution in [0, 0.1) is 17.2 Å². The van der Waals surface area contributed by atoms with Crippen molar-refractivity contribution < 1.29 is 38.2 Å². The number of piperidine rings is 3. The molecule has 6 aliphatic rings. The molecule has 18 heteroatoms. The van der Waals surface area contributed by atoms with Crippen LogP contribution in [0.5, 0.6) is 5.75 Å². The smallest absolute Gasteiger partial charge is 0.251 e. The first-order chi connectivity index (χ1) is 31.8. The summed E-state index contributed by atoms with van der Waals surface area (Å²) in [4.78, 5) is 86.5. The van der Waals surface area contributed by atoms with Crippen molar-refractivity contribution in [1.82, 2.24) is 30.5 Å². The molecular weight excluding hydrogens is 848 g/mol. The van der Waals surface area contributed by atoms with Gasteiger partial charge in [-0.15, -0.1) is 0 Å². The molecule has 3 aromatic rings. The first kappa shape index (κ1) is 45.3. The number of halogens is 1. The number of imide groups is 1. The molecule has 1 aromatic carbocycles. The highest BCUT2D eigenvalue weighted by Crippen LogP contribution is 2.56. The molecule has 4 N–H and O–H groups in total. The Morgan fingerprint density at radius 1 is 0.985 bits per heavy atom. The van der Waals surface area contributed by atoms with Crippen molar-refractivity contribution in [2.24, 2.45) is 11.3 Å². The molecule has 1 spiro atoms. The topological polar surface area (TPSA) is 203 Å². The van der Waals surface area contributed by atoms with Gasteiger partial charge >= 0.3 is 0 Å². The highest BCUT2D eigenvalue weighted by atomic mass is 19.1. The Labute approximate surface area is 384 Å². The minimum Gasteiger partial charge on any atom is -0.495 e. The standard InChI is InChI=1S/C48H61FN10O7/c1-4-36-45(65)56(2)37-26-51-46(54-41(37)59(36)31-7-5-6-8-31)52-35-11-9-30(23-38(35)66-3)42(62)55-48(17-22-60)27-47(28-48)15-20-58(21-16-47)44(64)29-13-18-57(19-14-29)32-24-34(49)40(50-25-32)33-10-12-39(61)53-43(33)63/h9,11,23-26,29,31,33,36,60H,4-8,10,12-22,27-28H2,1-3H3,(H,55,62)(H,51,52,54)(H,53,61,63)/t33?,36-/m1/s1. The van der Waals surface area contributed by atoms with Gasteiger partial charge < -0.3 is 40.1 Å². The number of amides is 5. The first-order valence-electron chi connectivity index (χ1n) is 23.7. The number of nitrogens with one attached hydrogen (secondary N) is 3. The summed E-state index contributed by atoms with van der Waals surface area (Å²) in [5.41, 5.74) is 1.71. The fourth-order valence-corrected chi connectivity index (χ4v) is 11.8. The molecule has 1 unspecified atom stereocenters. The molecule has 66 heavy (non-hydrogen) atoms. The number of fused-ring (bicyclic) bond motifs is 1. The zero-order valence-corrected chi connectivity index (χ0v) is 38.1. The van der Waals surface area contributed by atoms with E-state index >= 15 is 4.39 Å². The molecule has 0 bridgehead atoms. The van der Waals surface area contributed by atoms with Crippen LogP contribution >= 0.6 is 0 Å². The Hall–Kier alpha value is -5.91. The van der Waals surface area contributed by atoms with Crippen molar-refractivity contribution in [3.8, 4) is 5.75 Å². The number of aliphatic hydroxyl groups excluding tert-OH is 1. The van der Waals surface area contributed by atoms with Gasteiger partial charge in [-0.1, -0.05) is 19.8 Å². The Morgan fingerprint density at radius 2 is 1.73 bits per heavy atom. The van der Waals surface area contributed by atoms with E-state index in [-0.39, 0.29) is 72.2 Å². The monoisotopic (exact) mass is 908 g/mol. The lowest BCUT2D eigenvalue weighted by Crippen LogP contribution is -2.64. The average molecular weight is 909 g/mol. The highest BCUT2D eigenvalue weighted by molar-refractivity contribution is 6.04. The largest absolute Gasteiger partial charge is 0.495 e. The van der Waals surface area contributed by atoms with Crippen LogP contribution in [0.4, 0.5) is 33.2 Å². The summed E-state index contributed by atoms with van der Waals surface area (Å²) in [5.74, 6) is -0.947. The van der Waals surface area contributed by atoms with Crippen LogP contribution in [0.1, 0.15) is 119 Å². The van der Waals surface area contributed by atoms with Gasteiger partial charge in [-0.05, 0) is 94.2 Å². The number of likely N-dealkylation sites (tertiary alicyclic amines) is 1. The van der Waals surface area contributed by atoms with Crippen LogP contribution in [0.2, 0.25) is 0 Å². The molecule has 6 heterocycles. The van der Waals surface area contributed by atoms with E-state index < -0.39 is 23.2 Å². The van der Waals surface area contributed by atoms with Crippen LogP contribution in [-0.2, 0) is 19.2 Å². The number of methoxy groups -OCH3 is 1.